The summed E-state index contributed by atoms with van der Waals surface area (Å²) >= 11 is 1.55. The highest BCUT2D eigenvalue weighted by Crippen LogP contribution is 2.29. The van der Waals surface area contributed by atoms with E-state index in [1.165, 1.54) is 31.5 Å². The maximum Gasteiger partial charge on any atom is 0.322 e. The molecule has 1 saturated heterocycles. The number of hydrogen-bond donors (Lipinski definition) is 2. The third-order valence-electron chi connectivity index (χ3n) is 5.09. The quantitative estimate of drug-likeness (QED) is 0.573. The Morgan fingerprint density at radius 2 is 1.93 bits per heavy atom. The van der Waals surface area contributed by atoms with Crippen molar-refractivity contribution >= 4 is 29.3 Å². The van der Waals surface area contributed by atoms with Crippen LogP contribution in [0.2, 0.25) is 0 Å². The molecule has 0 atom stereocenters. The summed E-state index contributed by atoms with van der Waals surface area (Å²) in [6.45, 7) is 6.35. The van der Waals surface area contributed by atoms with Gasteiger partial charge in [0.05, 0.1) is 12.2 Å². The summed E-state index contributed by atoms with van der Waals surface area (Å²) in [5.74, 6) is 1.21. The number of fused-ring (bicyclic) bond motifs is 1. The Hall–Kier alpha value is -2.32. The Balaban J connectivity index is 1.49. The number of amides is 2. The molecule has 2 amide bonds. The van der Waals surface area contributed by atoms with E-state index in [1.807, 2.05) is 6.92 Å². The molecule has 0 saturated carbocycles. The number of anilines is 2. The largest absolute Gasteiger partial charge is 0.382 e. The van der Waals surface area contributed by atoms with Gasteiger partial charge in [-0.15, -0.1) is 0 Å². The summed E-state index contributed by atoms with van der Waals surface area (Å²) in [6.07, 6.45) is 2.58. The Morgan fingerprint density at radius 1 is 1.18 bits per heavy atom. The molecule has 148 valence electrons. The first-order valence-electron chi connectivity index (χ1n) is 9.77. The average Bonchev–Trinajstić information content (AvgIpc) is 3.17. The molecule has 1 aromatic carbocycles. The number of carbonyl (C=O) groups is 1. The fraction of sp³-hybridized carbons (Fsp3) is 0.450. The van der Waals surface area contributed by atoms with Crippen LogP contribution in [-0.2, 0) is 19.6 Å². The summed E-state index contributed by atoms with van der Waals surface area (Å²) in [5, 5.41) is 3.52. The van der Waals surface area contributed by atoms with Crippen LogP contribution in [0.25, 0.3) is 0 Å². The molecule has 0 bridgehead atoms. The summed E-state index contributed by atoms with van der Waals surface area (Å²) < 4.78 is 0. The molecule has 7 nitrogen and oxygen atoms in total. The van der Waals surface area contributed by atoms with Crippen molar-refractivity contribution in [2.45, 2.75) is 44.6 Å². The summed E-state index contributed by atoms with van der Waals surface area (Å²) in [7, 11) is 0. The molecule has 1 aromatic heterocycles. The van der Waals surface area contributed by atoms with Crippen LogP contribution < -0.4 is 11.1 Å². The van der Waals surface area contributed by atoms with Crippen LogP contribution in [0.15, 0.2) is 29.4 Å². The SMILES string of the molecule is CCSc1nc(N)c2c(n1)CN(Cc1cccc(CN3CCCC3)c1)C(=O)N2. The Morgan fingerprint density at radius 3 is 2.68 bits per heavy atom. The van der Waals surface area contributed by atoms with Crippen LogP contribution in [0.3, 0.4) is 0 Å². The van der Waals surface area contributed by atoms with Crippen molar-refractivity contribution in [3.05, 3.63) is 41.1 Å². The predicted molar refractivity (Wildman–Crippen MR) is 112 cm³/mol. The lowest BCUT2D eigenvalue weighted by atomic mass is 10.1. The minimum atomic E-state index is -0.163. The van der Waals surface area contributed by atoms with Crippen LogP contribution in [-0.4, -0.2) is 44.6 Å². The highest BCUT2D eigenvalue weighted by molar-refractivity contribution is 7.99. The van der Waals surface area contributed by atoms with Crippen molar-refractivity contribution in [3.8, 4) is 0 Å². The monoisotopic (exact) mass is 398 g/mol. The van der Waals surface area contributed by atoms with Crippen molar-refractivity contribution in [2.75, 3.05) is 29.9 Å². The number of rotatable bonds is 6. The molecule has 2 aromatic rings. The van der Waals surface area contributed by atoms with Crippen molar-refractivity contribution in [1.82, 2.24) is 19.8 Å². The first-order chi connectivity index (χ1) is 13.6. The number of carbonyl (C=O) groups excluding carboxylic acids is 1. The van der Waals surface area contributed by atoms with Crippen LogP contribution in [0.1, 0.15) is 36.6 Å². The van der Waals surface area contributed by atoms with Gasteiger partial charge in [0.25, 0.3) is 0 Å². The minimum absolute atomic E-state index is 0.163. The van der Waals surface area contributed by atoms with E-state index in [0.29, 0.717) is 29.8 Å². The van der Waals surface area contributed by atoms with Gasteiger partial charge in [0, 0.05) is 13.1 Å². The molecule has 28 heavy (non-hydrogen) atoms. The van der Waals surface area contributed by atoms with Crippen molar-refractivity contribution in [3.63, 3.8) is 0 Å². The maximum atomic E-state index is 12.6. The van der Waals surface area contributed by atoms with Gasteiger partial charge in [-0.2, -0.15) is 0 Å². The summed E-state index contributed by atoms with van der Waals surface area (Å²) in [6, 6.07) is 8.35. The second-order valence-electron chi connectivity index (χ2n) is 7.24. The summed E-state index contributed by atoms with van der Waals surface area (Å²) in [5.41, 5.74) is 9.77. The van der Waals surface area contributed by atoms with E-state index in [2.05, 4.69) is 44.5 Å². The molecule has 0 unspecified atom stereocenters. The second-order valence-corrected chi connectivity index (χ2v) is 8.47. The minimum Gasteiger partial charge on any atom is -0.382 e. The number of thioether (sulfide) groups is 1. The van der Waals surface area contributed by atoms with Gasteiger partial charge >= 0.3 is 6.03 Å². The first kappa shape index (κ1) is 19.0. The molecule has 4 rings (SSSR count). The number of nitrogens with one attached hydrogen (secondary N) is 1. The van der Waals surface area contributed by atoms with Gasteiger partial charge in [0.1, 0.15) is 5.69 Å². The number of nitrogen functional groups attached to an aromatic ring is 1. The van der Waals surface area contributed by atoms with Gasteiger partial charge in [-0.05, 0) is 42.8 Å². The Kier molecular flexibility index (Phi) is 5.68. The third kappa shape index (κ3) is 4.23. The number of urea groups is 1. The van der Waals surface area contributed by atoms with Crippen LogP contribution >= 0.6 is 11.8 Å². The molecule has 3 heterocycles. The average molecular weight is 399 g/mol. The van der Waals surface area contributed by atoms with Gasteiger partial charge in [-0.3, -0.25) is 4.90 Å². The van der Waals surface area contributed by atoms with Crippen molar-refractivity contribution in [2.24, 2.45) is 0 Å². The number of likely N-dealkylation sites (tertiary alicyclic amines) is 1. The maximum absolute atomic E-state index is 12.6. The molecule has 2 aliphatic heterocycles. The molecular weight excluding hydrogens is 372 g/mol. The van der Waals surface area contributed by atoms with Crippen LogP contribution in [0.4, 0.5) is 16.3 Å². The van der Waals surface area contributed by atoms with Gasteiger partial charge < -0.3 is 16.0 Å². The zero-order valence-electron chi connectivity index (χ0n) is 16.1. The number of aromatic nitrogens is 2. The highest BCUT2D eigenvalue weighted by atomic mass is 32.2. The van der Waals surface area contributed by atoms with E-state index in [-0.39, 0.29) is 6.03 Å². The topological polar surface area (TPSA) is 87.4 Å². The normalized spacial score (nSPS) is 16.9. The van der Waals surface area contributed by atoms with Gasteiger partial charge in [-0.25, -0.2) is 14.8 Å². The first-order valence-corrected chi connectivity index (χ1v) is 10.8. The summed E-state index contributed by atoms with van der Waals surface area (Å²) in [4.78, 5) is 25.7. The standard InChI is InChI=1S/C20H26N6OS/c1-2-28-19-22-16-13-26(20(27)23-17(16)18(21)24-19)12-15-7-5-6-14(10-15)11-25-8-3-4-9-25/h5-7,10H,2-4,8-9,11-13H2,1H3,(H,23,27)(H2,21,22,24). The number of benzene rings is 1. The number of nitrogens with zero attached hydrogens (tertiary/aromatic N) is 4. The van der Waals surface area contributed by atoms with Crippen LogP contribution in [0, 0.1) is 0 Å². The molecule has 0 aliphatic carbocycles. The second kappa shape index (κ2) is 8.36. The fourth-order valence-electron chi connectivity index (χ4n) is 3.76. The van der Waals surface area contributed by atoms with E-state index in [0.717, 1.165) is 23.6 Å². The lowest BCUT2D eigenvalue weighted by molar-refractivity contribution is 0.202. The van der Waals surface area contributed by atoms with Crippen LogP contribution in [0.5, 0.6) is 0 Å². The fourth-order valence-corrected chi connectivity index (χ4v) is 4.36. The smallest absolute Gasteiger partial charge is 0.322 e. The number of nitrogens with two attached hydrogens (primary N) is 1. The predicted octanol–water partition coefficient (Wildman–Crippen LogP) is 3.31. The molecule has 0 spiro atoms. The van der Waals surface area contributed by atoms with E-state index in [4.69, 9.17) is 5.73 Å². The Labute approximate surface area is 169 Å². The van der Waals surface area contributed by atoms with Gasteiger partial charge in [0.2, 0.25) is 0 Å². The zero-order chi connectivity index (χ0) is 19.5. The van der Waals surface area contributed by atoms with E-state index < -0.39 is 0 Å². The molecule has 3 N–H and O–H groups in total. The zero-order valence-corrected chi connectivity index (χ0v) is 17.0. The van der Waals surface area contributed by atoms with Gasteiger partial charge in [0.15, 0.2) is 11.0 Å². The molecule has 0 radical (unpaired) electrons. The van der Waals surface area contributed by atoms with Crippen molar-refractivity contribution < 1.29 is 4.79 Å². The van der Waals surface area contributed by atoms with Crippen molar-refractivity contribution in [1.29, 1.82) is 0 Å². The van der Waals surface area contributed by atoms with E-state index in [9.17, 15) is 4.79 Å². The molecule has 2 aliphatic rings. The lowest BCUT2D eigenvalue weighted by Gasteiger charge is -2.29. The molecular formula is C20H26N6OS. The third-order valence-corrected chi connectivity index (χ3v) is 5.82. The molecule has 8 heteroatoms. The van der Waals surface area contributed by atoms with E-state index in [1.54, 1.807) is 16.7 Å². The van der Waals surface area contributed by atoms with Gasteiger partial charge in [-0.1, -0.05) is 43.0 Å². The molecule has 1 fully saturated rings. The van der Waals surface area contributed by atoms with E-state index >= 15 is 0 Å². The number of hydrogen-bond acceptors (Lipinski definition) is 6. The highest BCUT2D eigenvalue weighted by Gasteiger charge is 2.27. The Bertz CT molecular complexity index is 868. The lowest BCUT2D eigenvalue weighted by Crippen LogP contribution is -2.39.